The summed E-state index contributed by atoms with van der Waals surface area (Å²) in [6.45, 7) is 1.05. The maximum atomic E-state index is 13.1. The van der Waals surface area contributed by atoms with Gasteiger partial charge in [-0.3, -0.25) is 9.69 Å². The molecule has 4 rings (SSSR count). The van der Waals surface area contributed by atoms with Gasteiger partial charge in [0.2, 0.25) is 0 Å². The third-order valence-electron chi connectivity index (χ3n) is 7.32. The highest BCUT2D eigenvalue weighted by Gasteiger charge is 2.71. The minimum absolute atomic E-state index is 0.0905. The number of amides is 3. The number of aliphatic hydroxyl groups is 2. The van der Waals surface area contributed by atoms with Crippen LogP contribution in [-0.4, -0.2) is 83.1 Å². The molecule has 2 aliphatic rings. The molecular formula is C27H30F6N4O4. The summed E-state index contributed by atoms with van der Waals surface area (Å²) in [6.07, 6.45) is -9.73. The molecule has 1 saturated carbocycles. The number of halogens is 6. The van der Waals surface area contributed by atoms with Gasteiger partial charge < -0.3 is 25.7 Å². The summed E-state index contributed by atoms with van der Waals surface area (Å²) in [5.41, 5.74) is -5.10. The van der Waals surface area contributed by atoms with Crippen LogP contribution in [0.5, 0.6) is 0 Å². The minimum atomic E-state index is -5.97. The quantitative estimate of drug-likeness (QED) is 0.351. The SMILES string of the molecule is O=C(NCC1CC1)Nc1ccc(C(=O)N2CCN(Cc3ccc(C(O)(C(F)(F)F)C(F)(F)F)cc3)[C@@H](CO)C2)cc1. The van der Waals surface area contributed by atoms with E-state index < -0.39 is 29.6 Å². The van der Waals surface area contributed by atoms with Crippen molar-refractivity contribution in [2.45, 2.75) is 43.4 Å². The third kappa shape index (κ3) is 6.93. The summed E-state index contributed by atoms with van der Waals surface area (Å²) in [5, 5.41) is 25.0. The van der Waals surface area contributed by atoms with E-state index in [1.165, 1.54) is 4.90 Å². The number of nitrogens with zero attached hydrogens (tertiary/aromatic N) is 2. The van der Waals surface area contributed by atoms with E-state index in [9.17, 15) is 46.1 Å². The first-order chi connectivity index (χ1) is 19.2. The molecule has 3 amide bonds. The largest absolute Gasteiger partial charge is 0.430 e. The number of benzene rings is 2. The van der Waals surface area contributed by atoms with Crippen LogP contribution >= 0.6 is 0 Å². The highest BCUT2D eigenvalue weighted by Crippen LogP contribution is 2.50. The number of anilines is 1. The topological polar surface area (TPSA) is 105 Å². The number of aliphatic hydroxyl groups excluding tert-OH is 1. The van der Waals surface area contributed by atoms with E-state index in [0.29, 0.717) is 41.4 Å². The van der Waals surface area contributed by atoms with Gasteiger partial charge in [-0.25, -0.2) is 4.79 Å². The predicted octanol–water partition coefficient (Wildman–Crippen LogP) is 3.85. The summed E-state index contributed by atoms with van der Waals surface area (Å²) in [7, 11) is 0. The van der Waals surface area contributed by atoms with Gasteiger partial charge in [-0.2, -0.15) is 26.3 Å². The number of carbonyl (C=O) groups excluding carboxylic acids is 2. The second-order valence-corrected chi connectivity index (χ2v) is 10.3. The van der Waals surface area contributed by atoms with Crippen molar-refractivity contribution < 1.29 is 46.1 Å². The van der Waals surface area contributed by atoms with Crippen LogP contribution in [0.4, 0.5) is 36.8 Å². The Kier molecular flexibility index (Phi) is 8.85. The fourth-order valence-electron chi connectivity index (χ4n) is 4.65. The predicted molar refractivity (Wildman–Crippen MR) is 136 cm³/mol. The number of hydrogen-bond donors (Lipinski definition) is 4. The number of nitrogens with one attached hydrogen (secondary N) is 2. The monoisotopic (exact) mass is 588 g/mol. The summed E-state index contributed by atoms with van der Waals surface area (Å²) < 4.78 is 78.9. The highest BCUT2D eigenvalue weighted by atomic mass is 19.4. The minimum Gasteiger partial charge on any atom is -0.395 e. The summed E-state index contributed by atoms with van der Waals surface area (Å²) in [4.78, 5) is 28.3. The van der Waals surface area contributed by atoms with Crippen molar-refractivity contribution in [2.75, 3.05) is 38.1 Å². The Morgan fingerprint density at radius 2 is 1.51 bits per heavy atom. The normalized spacial score (nSPS) is 18.7. The van der Waals surface area contributed by atoms with Crippen molar-refractivity contribution in [2.24, 2.45) is 5.92 Å². The van der Waals surface area contributed by atoms with Gasteiger partial charge >= 0.3 is 18.4 Å². The molecule has 1 aliphatic carbocycles. The fourth-order valence-corrected chi connectivity index (χ4v) is 4.65. The molecule has 8 nitrogen and oxygen atoms in total. The van der Waals surface area contributed by atoms with E-state index in [4.69, 9.17) is 0 Å². The Bertz CT molecular complexity index is 1200. The van der Waals surface area contributed by atoms with Crippen LogP contribution in [0, 0.1) is 5.92 Å². The lowest BCUT2D eigenvalue weighted by Crippen LogP contribution is -2.55. The molecule has 4 N–H and O–H groups in total. The van der Waals surface area contributed by atoms with Crippen molar-refractivity contribution in [3.8, 4) is 0 Å². The van der Waals surface area contributed by atoms with E-state index in [-0.39, 0.29) is 44.7 Å². The Morgan fingerprint density at radius 3 is 2.05 bits per heavy atom. The zero-order valence-electron chi connectivity index (χ0n) is 21.8. The molecule has 0 radical (unpaired) electrons. The van der Waals surface area contributed by atoms with Crippen LogP contribution in [0.15, 0.2) is 48.5 Å². The first-order valence-corrected chi connectivity index (χ1v) is 13.0. The smallest absolute Gasteiger partial charge is 0.395 e. The molecule has 1 aliphatic heterocycles. The molecule has 2 aromatic rings. The Morgan fingerprint density at radius 1 is 0.902 bits per heavy atom. The van der Waals surface area contributed by atoms with Crippen LogP contribution in [0.25, 0.3) is 0 Å². The molecule has 2 fully saturated rings. The molecule has 0 aromatic heterocycles. The van der Waals surface area contributed by atoms with Crippen LogP contribution in [0.2, 0.25) is 0 Å². The van der Waals surface area contributed by atoms with Crippen molar-refractivity contribution in [1.29, 1.82) is 0 Å². The van der Waals surface area contributed by atoms with Gasteiger partial charge in [0.25, 0.3) is 11.5 Å². The van der Waals surface area contributed by atoms with E-state index in [2.05, 4.69) is 10.6 Å². The van der Waals surface area contributed by atoms with Gasteiger partial charge in [0, 0.05) is 49.5 Å². The first kappa shape index (κ1) is 30.6. The van der Waals surface area contributed by atoms with Crippen molar-refractivity contribution in [3.63, 3.8) is 0 Å². The molecule has 2 aromatic carbocycles. The molecule has 0 unspecified atom stereocenters. The number of hydrogen-bond acceptors (Lipinski definition) is 5. The number of rotatable bonds is 8. The average molecular weight is 589 g/mol. The standard InChI is InChI=1S/C27H30F6N4O4/c28-26(29,30)25(41,27(31,32)33)20-7-3-18(4-8-20)14-36-11-12-37(15-22(36)16-38)23(39)19-5-9-21(10-6-19)35-24(40)34-13-17-1-2-17/h3-10,17,22,38,41H,1-2,11-16H2,(H2,34,35,40)/t22-/m1/s1. The average Bonchev–Trinajstić information content (AvgIpc) is 3.75. The zero-order valence-corrected chi connectivity index (χ0v) is 21.8. The Hall–Kier alpha value is -3.36. The number of piperazine rings is 1. The second-order valence-electron chi connectivity index (χ2n) is 10.3. The lowest BCUT2D eigenvalue weighted by atomic mass is 9.91. The van der Waals surface area contributed by atoms with Gasteiger partial charge in [0.15, 0.2) is 0 Å². The summed E-state index contributed by atoms with van der Waals surface area (Å²) >= 11 is 0. The molecule has 1 saturated heterocycles. The highest BCUT2D eigenvalue weighted by molar-refractivity contribution is 5.95. The molecule has 0 spiro atoms. The lowest BCUT2D eigenvalue weighted by molar-refractivity contribution is -0.376. The van der Waals surface area contributed by atoms with Crippen molar-refractivity contribution in [3.05, 3.63) is 65.2 Å². The number of carbonyl (C=O) groups is 2. The molecular weight excluding hydrogens is 558 g/mol. The zero-order chi connectivity index (χ0) is 30.0. The van der Waals surface area contributed by atoms with Crippen LogP contribution in [0.3, 0.4) is 0 Å². The van der Waals surface area contributed by atoms with Gasteiger partial charge in [0.05, 0.1) is 12.6 Å². The molecule has 0 bridgehead atoms. The lowest BCUT2D eigenvalue weighted by Gasteiger charge is -2.41. The fraction of sp³-hybridized carbons (Fsp3) is 0.481. The number of urea groups is 1. The van der Waals surface area contributed by atoms with E-state index in [1.54, 1.807) is 29.2 Å². The van der Waals surface area contributed by atoms with Crippen molar-refractivity contribution >= 4 is 17.6 Å². The van der Waals surface area contributed by atoms with Crippen molar-refractivity contribution in [1.82, 2.24) is 15.1 Å². The molecule has 224 valence electrons. The van der Waals surface area contributed by atoms with E-state index in [1.807, 2.05) is 0 Å². The third-order valence-corrected chi connectivity index (χ3v) is 7.32. The summed E-state index contributed by atoms with van der Waals surface area (Å²) in [6, 6.07) is 8.77. The molecule has 1 atom stereocenters. The molecule has 41 heavy (non-hydrogen) atoms. The van der Waals surface area contributed by atoms with E-state index >= 15 is 0 Å². The maximum Gasteiger partial charge on any atom is 0.430 e. The Balaban J connectivity index is 1.35. The van der Waals surface area contributed by atoms with Crippen LogP contribution in [-0.2, 0) is 12.1 Å². The van der Waals surface area contributed by atoms with Gasteiger partial charge in [-0.05, 0) is 48.6 Å². The molecule has 14 heteroatoms. The maximum absolute atomic E-state index is 13.1. The van der Waals surface area contributed by atoms with E-state index in [0.717, 1.165) is 25.0 Å². The van der Waals surface area contributed by atoms with Gasteiger partial charge in [0.1, 0.15) is 0 Å². The van der Waals surface area contributed by atoms with Gasteiger partial charge in [-0.1, -0.05) is 24.3 Å². The Labute approximate surface area is 231 Å². The van der Waals surface area contributed by atoms with Crippen LogP contribution in [0.1, 0.15) is 34.3 Å². The molecule has 1 heterocycles. The number of alkyl halides is 6. The first-order valence-electron chi connectivity index (χ1n) is 13.0. The second kappa shape index (κ2) is 11.9. The van der Waals surface area contributed by atoms with Crippen LogP contribution < -0.4 is 10.6 Å². The van der Waals surface area contributed by atoms with Gasteiger partial charge in [-0.15, -0.1) is 0 Å². The summed E-state index contributed by atoms with van der Waals surface area (Å²) in [5.74, 6) is 0.239.